The maximum absolute atomic E-state index is 5.03. The number of hydrogen-bond donors (Lipinski definition) is 1. The topological polar surface area (TPSA) is 34.1 Å². The summed E-state index contributed by atoms with van der Waals surface area (Å²) < 4.78 is 6.11. The van der Waals surface area contributed by atoms with Crippen molar-refractivity contribution in [1.82, 2.24) is 10.3 Å². The molecule has 106 valence electrons. The minimum absolute atomic E-state index is 0.717. The smallest absolute Gasteiger partial charge is 0.105 e. The molecule has 0 fully saturated rings. The molecule has 1 aromatic heterocycles. The first kappa shape index (κ1) is 15.5. The van der Waals surface area contributed by atoms with Crippen LogP contribution in [0.5, 0.6) is 0 Å². The van der Waals surface area contributed by atoms with E-state index in [1.165, 1.54) is 10.5 Å². The van der Waals surface area contributed by atoms with Gasteiger partial charge in [-0.25, -0.2) is 4.98 Å². The van der Waals surface area contributed by atoms with Crippen molar-refractivity contribution in [1.29, 1.82) is 0 Å². The summed E-state index contributed by atoms with van der Waals surface area (Å²) in [6.45, 7) is 2.36. The van der Waals surface area contributed by atoms with Crippen molar-refractivity contribution in [3.63, 3.8) is 0 Å². The fourth-order valence-corrected chi connectivity index (χ4v) is 3.18. The molecule has 0 unspecified atom stereocenters. The Balaban J connectivity index is 2.03. The molecule has 0 amide bonds. The lowest BCUT2D eigenvalue weighted by molar-refractivity contribution is 0.199. The van der Waals surface area contributed by atoms with E-state index >= 15 is 0 Å². The molecule has 0 radical (unpaired) electrons. The normalized spacial score (nSPS) is 10.7. The van der Waals surface area contributed by atoms with Gasteiger partial charge in [-0.05, 0) is 29.8 Å². The summed E-state index contributed by atoms with van der Waals surface area (Å²) in [7, 11) is 1.71. The number of hydrogen-bond acceptors (Lipinski definition) is 4. The van der Waals surface area contributed by atoms with Crippen LogP contribution in [-0.4, -0.2) is 25.2 Å². The van der Waals surface area contributed by atoms with Gasteiger partial charge in [-0.2, -0.15) is 0 Å². The van der Waals surface area contributed by atoms with Gasteiger partial charge in [0.05, 0.1) is 6.61 Å². The lowest BCUT2D eigenvalue weighted by Gasteiger charge is -2.09. The van der Waals surface area contributed by atoms with Crippen LogP contribution < -0.4 is 5.32 Å². The van der Waals surface area contributed by atoms with E-state index in [1.54, 1.807) is 18.9 Å². The number of methoxy groups -OCH3 is 1. The predicted molar refractivity (Wildman–Crippen MR) is 86.1 cm³/mol. The highest BCUT2D eigenvalue weighted by atomic mass is 79.9. The van der Waals surface area contributed by atoms with Gasteiger partial charge in [0.25, 0.3) is 0 Å². The van der Waals surface area contributed by atoms with Crippen molar-refractivity contribution in [3.8, 4) is 0 Å². The van der Waals surface area contributed by atoms with Gasteiger partial charge < -0.3 is 10.1 Å². The lowest BCUT2D eigenvalue weighted by atomic mass is 10.3. The highest BCUT2D eigenvalue weighted by Gasteiger charge is 2.05. The van der Waals surface area contributed by atoms with E-state index < -0.39 is 0 Å². The highest BCUT2D eigenvalue weighted by molar-refractivity contribution is 9.10. The molecule has 2 aromatic rings. The minimum Gasteiger partial charge on any atom is -0.383 e. The molecular formula is C15H17BrN2OS. The van der Waals surface area contributed by atoms with Gasteiger partial charge >= 0.3 is 0 Å². The Morgan fingerprint density at radius 3 is 3.00 bits per heavy atom. The summed E-state index contributed by atoms with van der Waals surface area (Å²) in [5.74, 6) is 0. The van der Waals surface area contributed by atoms with E-state index in [2.05, 4.69) is 44.4 Å². The molecule has 1 aromatic carbocycles. The van der Waals surface area contributed by atoms with Gasteiger partial charge in [-0.1, -0.05) is 39.8 Å². The quantitative estimate of drug-likeness (QED) is 0.769. The molecule has 0 atom stereocenters. The zero-order valence-corrected chi connectivity index (χ0v) is 13.7. The molecule has 2 rings (SSSR count). The molecule has 20 heavy (non-hydrogen) atoms. The van der Waals surface area contributed by atoms with E-state index in [0.717, 1.165) is 22.6 Å². The number of nitrogens with one attached hydrogen (secondary N) is 1. The molecule has 3 nitrogen and oxygen atoms in total. The number of halogens is 1. The monoisotopic (exact) mass is 352 g/mol. The van der Waals surface area contributed by atoms with E-state index in [9.17, 15) is 0 Å². The van der Waals surface area contributed by atoms with Gasteiger partial charge in [0, 0.05) is 35.8 Å². The van der Waals surface area contributed by atoms with Crippen molar-refractivity contribution >= 4 is 27.7 Å². The van der Waals surface area contributed by atoms with Gasteiger partial charge in [-0.3, -0.25) is 0 Å². The Kier molecular flexibility index (Phi) is 6.53. The average Bonchev–Trinajstić information content (AvgIpc) is 2.45. The van der Waals surface area contributed by atoms with Crippen LogP contribution in [0.2, 0.25) is 0 Å². The Hall–Kier alpha value is -0.880. The predicted octanol–water partition coefficient (Wildman–Crippen LogP) is 3.73. The van der Waals surface area contributed by atoms with Crippen LogP contribution in [0.1, 0.15) is 5.56 Å². The van der Waals surface area contributed by atoms with Crippen molar-refractivity contribution in [2.24, 2.45) is 0 Å². The Morgan fingerprint density at radius 2 is 2.20 bits per heavy atom. The van der Waals surface area contributed by atoms with Gasteiger partial charge in [-0.15, -0.1) is 0 Å². The third-order valence-corrected chi connectivity index (χ3v) is 4.20. The van der Waals surface area contributed by atoms with Crippen LogP contribution >= 0.6 is 27.7 Å². The van der Waals surface area contributed by atoms with Crippen LogP contribution in [0.25, 0.3) is 0 Å². The first-order valence-electron chi connectivity index (χ1n) is 6.36. The van der Waals surface area contributed by atoms with E-state index in [0.29, 0.717) is 6.61 Å². The zero-order valence-electron chi connectivity index (χ0n) is 11.3. The first-order valence-corrected chi connectivity index (χ1v) is 7.97. The molecule has 5 heteroatoms. The summed E-state index contributed by atoms with van der Waals surface area (Å²) in [5, 5.41) is 4.39. The van der Waals surface area contributed by atoms with Crippen molar-refractivity contribution in [3.05, 3.63) is 52.6 Å². The lowest BCUT2D eigenvalue weighted by Crippen LogP contribution is -2.19. The van der Waals surface area contributed by atoms with Gasteiger partial charge in [0.2, 0.25) is 0 Å². The molecule has 0 saturated carbocycles. The number of rotatable bonds is 7. The minimum atomic E-state index is 0.717. The molecule has 0 saturated heterocycles. The molecule has 1 N–H and O–H groups in total. The Bertz CT molecular complexity index is 551. The number of aromatic nitrogens is 1. The van der Waals surface area contributed by atoms with E-state index in [1.807, 2.05) is 24.4 Å². The summed E-state index contributed by atoms with van der Waals surface area (Å²) in [6, 6.07) is 12.3. The Morgan fingerprint density at radius 1 is 1.30 bits per heavy atom. The second-order valence-corrected chi connectivity index (χ2v) is 6.17. The van der Waals surface area contributed by atoms with E-state index in [4.69, 9.17) is 4.74 Å². The van der Waals surface area contributed by atoms with Crippen LogP contribution in [0.4, 0.5) is 0 Å². The largest absolute Gasteiger partial charge is 0.383 e. The van der Waals surface area contributed by atoms with Crippen molar-refractivity contribution < 1.29 is 4.74 Å². The van der Waals surface area contributed by atoms with Crippen molar-refractivity contribution in [2.75, 3.05) is 20.3 Å². The maximum Gasteiger partial charge on any atom is 0.105 e. The third kappa shape index (κ3) is 4.90. The average molecular weight is 353 g/mol. The maximum atomic E-state index is 5.03. The molecular weight excluding hydrogens is 336 g/mol. The molecule has 0 aliphatic rings. The summed E-state index contributed by atoms with van der Waals surface area (Å²) in [5.41, 5.74) is 1.20. The first-order chi connectivity index (χ1) is 9.79. The second kappa shape index (κ2) is 8.42. The SMILES string of the molecule is COCCNCc1cccnc1Sc1cccc(Br)c1. The molecule has 1 heterocycles. The standard InChI is InChI=1S/C15H17BrN2OS/c1-19-9-8-17-11-12-4-3-7-18-15(12)20-14-6-2-5-13(16)10-14/h2-7,10,17H,8-9,11H2,1H3. The molecule has 0 aliphatic carbocycles. The molecule has 0 spiro atoms. The number of benzene rings is 1. The van der Waals surface area contributed by atoms with Crippen LogP contribution in [0.3, 0.4) is 0 Å². The summed E-state index contributed by atoms with van der Waals surface area (Å²) in [4.78, 5) is 5.66. The van der Waals surface area contributed by atoms with Crippen molar-refractivity contribution in [2.45, 2.75) is 16.5 Å². The zero-order chi connectivity index (χ0) is 14.2. The fourth-order valence-electron chi connectivity index (χ4n) is 1.69. The fraction of sp³-hybridized carbons (Fsp3) is 0.267. The highest BCUT2D eigenvalue weighted by Crippen LogP contribution is 2.30. The molecule has 0 aliphatic heterocycles. The summed E-state index contributed by atoms with van der Waals surface area (Å²) >= 11 is 5.17. The third-order valence-electron chi connectivity index (χ3n) is 2.66. The van der Waals surface area contributed by atoms with Crippen LogP contribution in [0.15, 0.2) is 57.0 Å². The number of pyridine rings is 1. The van der Waals surface area contributed by atoms with Crippen LogP contribution in [-0.2, 0) is 11.3 Å². The number of nitrogens with zero attached hydrogens (tertiary/aromatic N) is 1. The van der Waals surface area contributed by atoms with E-state index in [-0.39, 0.29) is 0 Å². The summed E-state index contributed by atoms with van der Waals surface area (Å²) in [6.07, 6.45) is 1.83. The second-order valence-electron chi connectivity index (χ2n) is 4.20. The molecule has 0 bridgehead atoms. The van der Waals surface area contributed by atoms with Crippen LogP contribution in [0, 0.1) is 0 Å². The Labute approximate surface area is 132 Å². The number of ether oxygens (including phenoxy) is 1. The van der Waals surface area contributed by atoms with Gasteiger partial charge in [0.1, 0.15) is 5.03 Å². The van der Waals surface area contributed by atoms with Gasteiger partial charge in [0.15, 0.2) is 0 Å².